The lowest BCUT2D eigenvalue weighted by molar-refractivity contribution is -0.123. The van der Waals surface area contributed by atoms with Crippen molar-refractivity contribution in [1.82, 2.24) is 10.3 Å². The topological polar surface area (TPSA) is 114 Å². The zero-order valence-corrected chi connectivity index (χ0v) is 21.3. The molecule has 1 aromatic heterocycles. The molecule has 2 amide bonds. The van der Waals surface area contributed by atoms with Crippen LogP contribution in [0.3, 0.4) is 0 Å². The predicted octanol–water partition coefficient (Wildman–Crippen LogP) is 3.44. The normalized spacial score (nSPS) is 27.0. The molecule has 2 aromatic rings. The number of pyridine rings is 1. The number of hydrogen-bond donors (Lipinski definition) is 3. The van der Waals surface area contributed by atoms with E-state index in [1.807, 2.05) is 11.8 Å². The fourth-order valence-corrected chi connectivity index (χ4v) is 5.58. The van der Waals surface area contributed by atoms with Gasteiger partial charge in [-0.2, -0.15) is 0 Å². The Morgan fingerprint density at radius 2 is 1.90 bits per heavy atom. The number of carbonyl (C=O) groups excluding carboxylic acids is 2. The molecule has 2 fully saturated rings. The van der Waals surface area contributed by atoms with Gasteiger partial charge in [0, 0.05) is 54.4 Å². The maximum Gasteiger partial charge on any atom is 0.254 e. The van der Waals surface area contributed by atoms with Gasteiger partial charge in [-0.05, 0) is 49.5 Å². The number of carbonyl (C=O) groups is 2. The summed E-state index contributed by atoms with van der Waals surface area (Å²) in [7, 11) is 0. The molecule has 1 saturated carbocycles. The molecule has 1 aromatic carbocycles. The van der Waals surface area contributed by atoms with E-state index < -0.39 is 57.6 Å². The molecule has 1 saturated heterocycles. The zero-order chi connectivity index (χ0) is 28.1. The lowest BCUT2D eigenvalue weighted by Crippen LogP contribution is -2.51. The summed E-state index contributed by atoms with van der Waals surface area (Å²) < 4.78 is 62.8. The maximum absolute atomic E-state index is 16.7. The Bertz CT molecular complexity index is 1380. The number of benzene rings is 1. The van der Waals surface area contributed by atoms with Gasteiger partial charge in [-0.1, -0.05) is 13.0 Å². The van der Waals surface area contributed by atoms with E-state index in [-0.39, 0.29) is 23.6 Å². The summed E-state index contributed by atoms with van der Waals surface area (Å²) >= 11 is 0. The number of amides is 2. The van der Waals surface area contributed by atoms with E-state index >= 15 is 17.6 Å². The Balaban J connectivity index is 1.64. The van der Waals surface area contributed by atoms with Crippen molar-refractivity contribution in [1.29, 1.82) is 0 Å². The molecule has 2 unspecified atom stereocenters. The van der Waals surface area contributed by atoms with E-state index in [2.05, 4.69) is 10.3 Å². The molecule has 2 aliphatic carbocycles. The van der Waals surface area contributed by atoms with Crippen LogP contribution in [0, 0.1) is 17.6 Å². The minimum Gasteiger partial charge on any atom is -0.369 e. The predicted molar refractivity (Wildman–Crippen MR) is 138 cm³/mol. The monoisotopic (exact) mass is 543 g/mol. The third-order valence-electron chi connectivity index (χ3n) is 7.60. The first-order chi connectivity index (χ1) is 18.5. The Morgan fingerprint density at radius 1 is 1.15 bits per heavy atom. The summed E-state index contributed by atoms with van der Waals surface area (Å²) in [6, 6.07) is 2.93. The highest BCUT2D eigenvalue weighted by atomic mass is 19.1. The number of nitrogens with zero attached hydrogens (tertiary/aromatic N) is 2. The van der Waals surface area contributed by atoms with Crippen LogP contribution in [0.2, 0.25) is 0 Å². The number of piperidine rings is 1. The second-order valence-corrected chi connectivity index (χ2v) is 10.6. The molecule has 5 N–H and O–H groups in total. The molecular weight excluding hydrogens is 514 g/mol. The average Bonchev–Trinajstić information content (AvgIpc) is 3.69. The second-order valence-electron chi connectivity index (χ2n) is 10.6. The van der Waals surface area contributed by atoms with E-state index in [4.69, 9.17) is 11.5 Å². The molecule has 11 heteroatoms. The van der Waals surface area contributed by atoms with Crippen molar-refractivity contribution in [2.24, 2.45) is 17.4 Å². The second kappa shape index (κ2) is 10.1. The van der Waals surface area contributed by atoms with Gasteiger partial charge in [0.15, 0.2) is 6.17 Å². The van der Waals surface area contributed by atoms with Gasteiger partial charge in [-0.25, -0.2) is 17.6 Å². The van der Waals surface area contributed by atoms with Gasteiger partial charge in [0.2, 0.25) is 5.91 Å². The van der Waals surface area contributed by atoms with Crippen molar-refractivity contribution in [3.63, 3.8) is 0 Å². The van der Waals surface area contributed by atoms with Crippen molar-refractivity contribution in [2.75, 3.05) is 18.0 Å². The van der Waals surface area contributed by atoms with Crippen LogP contribution in [0.4, 0.5) is 23.2 Å². The summed E-state index contributed by atoms with van der Waals surface area (Å²) in [5.41, 5.74) is 7.36. The fourth-order valence-electron chi connectivity index (χ4n) is 5.58. The first kappa shape index (κ1) is 26.9. The SMILES string of the molecule is C[C@@H]1C[C@H](N)CN(c2ccncc2C2(C(N)=O)C=CC(F)=C(c3c(F)ccc(C(=O)NC4CC4)c3F)C2F)C1. The number of allylic oxidation sites excluding steroid dienone is 3. The van der Waals surface area contributed by atoms with Crippen molar-refractivity contribution in [3.05, 3.63) is 76.9 Å². The van der Waals surface area contributed by atoms with Crippen LogP contribution in [0.1, 0.15) is 47.7 Å². The summed E-state index contributed by atoms with van der Waals surface area (Å²) in [5, 5.41) is 2.58. The molecule has 0 radical (unpaired) electrons. The van der Waals surface area contributed by atoms with Crippen molar-refractivity contribution in [3.8, 4) is 0 Å². The van der Waals surface area contributed by atoms with Gasteiger partial charge in [0.1, 0.15) is 22.9 Å². The summed E-state index contributed by atoms with van der Waals surface area (Å²) in [5.74, 6) is -5.87. The molecule has 2 heterocycles. The number of nitrogens with one attached hydrogen (secondary N) is 1. The molecule has 206 valence electrons. The third-order valence-corrected chi connectivity index (χ3v) is 7.60. The van der Waals surface area contributed by atoms with Gasteiger partial charge >= 0.3 is 0 Å². The first-order valence-electron chi connectivity index (χ1n) is 12.8. The van der Waals surface area contributed by atoms with Crippen LogP contribution in [0.15, 0.2) is 48.6 Å². The molecule has 3 aliphatic rings. The number of aromatic nitrogens is 1. The molecule has 0 bridgehead atoms. The highest BCUT2D eigenvalue weighted by molar-refractivity contribution is 5.99. The fraction of sp³-hybridized carbons (Fsp3) is 0.393. The lowest BCUT2D eigenvalue weighted by atomic mass is 9.69. The van der Waals surface area contributed by atoms with Gasteiger partial charge in [-0.3, -0.25) is 14.6 Å². The Morgan fingerprint density at radius 3 is 2.56 bits per heavy atom. The van der Waals surface area contributed by atoms with Crippen molar-refractivity contribution >= 4 is 23.1 Å². The molecule has 4 atom stereocenters. The van der Waals surface area contributed by atoms with Crippen LogP contribution in [0.25, 0.3) is 5.57 Å². The quantitative estimate of drug-likeness (QED) is 0.483. The lowest BCUT2D eigenvalue weighted by Gasteiger charge is -2.41. The van der Waals surface area contributed by atoms with Gasteiger partial charge < -0.3 is 21.7 Å². The number of hydrogen-bond acceptors (Lipinski definition) is 5. The molecule has 7 nitrogen and oxygen atoms in total. The highest BCUT2D eigenvalue weighted by Gasteiger charge is 2.52. The summed E-state index contributed by atoms with van der Waals surface area (Å²) in [6.45, 7) is 2.94. The minimum absolute atomic E-state index is 0.0102. The molecule has 5 rings (SSSR count). The van der Waals surface area contributed by atoms with Crippen LogP contribution >= 0.6 is 0 Å². The highest BCUT2D eigenvalue weighted by Crippen LogP contribution is 2.48. The molecule has 1 aliphatic heterocycles. The van der Waals surface area contributed by atoms with Gasteiger partial charge in [0.25, 0.3) is 5.91 Å². The number of primary amides is 1. The summed E-state index contributed by atoms with van der Waals surface area (Å²) in [6.07, 6.45) is 3.99. The Labute approximate surface area is 222 Å². The molecule has 0 spiro atoms. The Kier molecular flexibility index (Phi) is 6.96. The number of nitrogens with two attached hydrogens (primary N) is 2. The average molecular weight is 544 g/mol. The van der Waals surface area contributed by atoms with Crippen molar-refractivity contribution < 1.29 is 27.2 Å². The minimum atomic E-state index is -2.65. The molecule has 39 heavy (non-hydrogen) atoms. The largest absolute Gasteiger partial charge is 0.369 e. The van der Waals surface area contributed by atoms with Crippen LogP contribution in [-0.4, -0.2) is 48.1 Å². The van der Waals surface area contributed by atoms with E-state index in [1.165, 1.54) is 12.4 Å². The standard InChI is InChI=1S/C28H29F4N5O2/c1-14-10-15(33)13-37(12-14)21-7-9-35-11-18(21)28(27(34)39)8-6-20(30)23(25(28)32)22-19(29)5-4-17(24(22)31)26(38)36-16-2-3-16/h4-9,11,14-16,25H,2-3,10,12-13,33H2,1H3,(H2,34,39)(H,36,38)/t14-,15+,25?,28?/m1/s1. The van der Waals surface area contributed by atoms with Gasteiger partial charge in [-0.15, -0.1) is 0 Å². The number of anilines is 1. The smallest absolute Gasteiger partial charge is 0.254 e. The zero-order valence-electron chi connectivity index (χ0n) is 21.3. The Hall–Kier alpha value is -3.73. The van der Waals surface area contributed by atoms with E-state index in [0.29, 0.717) is 31.6 Å². The molecular formula is C28H29F4N5O2. The van der Waals surface area contributed by atoms with Crippen LogP contribution < -0.4 is 21.7 Å². The van der Waals surface area contributed by atoms with Crippen LogP contribution in [-0.2, 0) is 10.2 Å². The summed E-state index contributed by atoms with van der Waals surface area (Å²) in [4.78, 5) is 31.6. The number of alkyl halides is 1. The number of rotatable bonds is 6. The number of halogens is 4. The van der Waals surface area contributed by atoms with Crippen LogP contribution in [0.5, 0.6) is 0 Å². The van der Waals surface area contributed by atoms with Gasteiger partial charge in [0.05, 0.1) is 11.1 Å². The first-order valence-corrected chi connectivity index (χ1v) is 12.8. The third kappa shape index (κ3) is 4.69. The van der Waals surface area contributed by atoms with E-state index in [9.17, 15) is 9.59 Å². The van der Waals surface area contributed by atoms with E-state index in [1.54, 1.807) is 6.07 Å². The van der Waals surface area contributed by atoms with E-state index in [0.717, 1.165) is 30.7 Å². The van der Waals surface area contributed by atoms with Crippen molar-refractivity contribution in [2.45, 2.75) is 49.9 Å². The maximum atomic E-state index is 16.7.